The maximum absolute atomic E-state index is 13.4. The molecule has 2 aliphatic heterocycles. The number of para-hydroxylation sites is 1. The van der Waals surface area contributed by atoms with Crippen molar-refractivity contribution in [3.05, 3.63) is 59.0 Å². The minimum absolute atomic E-state index is 0.198. The van der Waals surface area contributed by atoms with Crippen LogP contribution in [0.5, 0.6) is 5.75 Å². The van der Waals surface area contributed by atoms with Gasteiger partial charge in [0, 0.05) is 18.4 Å². The maximum atomic E-state index is 13.4. The first kappa shape index (κ1) is 23.9. The number of hydrogen-bond acceptors (Lipinski definition) is 7. The Hall–Kier alpha value is -3.21. The molecule has 34 heavy (non-hydrogen) atoms. The molecule has 0 aromatic heterocycles. The molecule has 1 fully saturated rings. The zero-order chi connectivity index (χ0) is 24.2. The Morgan fingerprint density at radius 3 is 2.50 bits per heavy atom. The van der Waals surface area contributed by atoms with Crippen molar-refractivity contribution in [1.82, 2.24) is 4.90 Å². The zero-order valence-electron chi connectivity index (χ0n) is 18.7. The highest BCUT2D eigenvalue weighted by atomic mass is 32.2. The Bertz CT molecular complexity index is 1180. The lowest BCUT2D eigenvalue weighted by Gasteiger charge is -2.17. The third kappa shape index (κ3) is 4.70. The Kier molecular flexibility index (Phi) is 7.30. The molecule has 0 saturated carbocycles. The summed E-state index contributed by atoms with van der Waals surface area (Å²) >= 11 is 6.46. The summed E-state index contributed by atoms with van der Waals surface area (Å²) in [7, 11) is 1.54. The van der Waals surface area contributed by atoms with Crippen LogP contribution < -0.4 is 15.0 Å². The third-order valence-electron chi connectivity index (χ3n) is 5.27. The fourth-order valence-corrected chi connectivity index (χ4v) is 5.11. The topological polar surface area (TPSA) is 88.2 Å². The van der Waals surface area contributed by atoms with E-state index in [1.54, 1.807) is 55.6 Å². The van der Waals surface area contributed by atoms with Gasteiger partial charge in [0.1, 0.15) is 16.6 Å². The zero-order valence-corrected chi connectivity index (χ0v) is 20.3. The van der Waals surface area contributed by atoms with Crippen molar-refractivity contribution in [3.63, 3.8) is 0 Å². The van der Waals surface area contributed by atoms with Crippen molar-refractivity contribution in [2.24, 2.45) is 0 Å². The maximum Gasteiger partial charge on any atom is 0.267 e. The van der Waals surface area contributed by atoms with Crippen LogP contribution >= 0.6 is 24.0 Å². The summed E-state index contributed by atoms with van der Waals surface area (Å²) in [5.74, 6) is -0.390. The monoisotopic (exact) mass is 497 g/mol. The predicted octanol–water partition coefficient (Wildman–Crippen LogP) is 3.29. The number of hydrogen-bond donors (Lipinski definition) is 1. The number of fused-ring (bicyclic) bond motifs is 1. The molecule has 10 heteroatoms. The first-order chi connectivity index (χ1) is 16.4. The molecule has 2 aliphatic rings. The highest BCUT2D eigenvalue weighted by Gasteiger charge is 2.42. The van der Waals surface area contributed by atoms with Crippen molar-refractivity contribution in [2.45, 2.75) is 6.92 Å². The molecule has 176 valence electrons. The van der Waals surface area contributed by atoms with E-state index in [1.807, 2.05) is 6.92 Å². The van der Waals surface area contributed by atoms with E-state index in [9.17, 15) is 14.4 Å². The van der Waals surface area contributed by atoms with Crippen molar-refractivity contribution in [2.75, 3.05) is 43.6 Å². The number of benzene rings is 2. The number of methoxy groups -OCH3 is 1. The van der Waals surface area contributed by atoms with Gasteiger partial charge in [0.15, 0.2) is 0 Å². The van der Waals surface area contributed by atoms with Crippen LogP contribution in [0.25, 0.3) is 5.57 Å². The molecule has 3 amide bonds. The van der Waals surface area contributed by atoms with Crippen LogP contribution in [0.1, 0.15) is 12.5 Å². The van der Waals surface area contributed by atoms with Crippen LogP contribution in [-0.2, 0) is 19.1 Å². The lowest BCUT2D eigenvalue weighted by Crippen LogP contribution is -2.35. The minimum Gasteiger partial charge on any atom is -0.494 e. The van der Waals surface area contributed by atoms with Crippen molar-refractivity contribution < 1.29 is 23.9 Å². The number of carbonyl (C=O) groups excluding carboxylic acids is 3. The fraction of sp³-hybridized carbons (Fsp3) is 0.250. The quantitative estimate of drug-likeness (QED) is 0.442. The van der Waals surface area contributed by atoms with E-state index in [0.29, 0.717) is 46.8 Å². The second-order valence-electron chi connectivity index (χ2n) is 7.44. The average Bonchev–Trinajstić information content (AvgIpc) is 3.26. The van der Waals surface area contributed by atoms with Crippen molar-refractivity contribution in [3.8, 4) is 5.75 Å². The van der Waals surface area contributed by atoms with Crippen LogP contribution in [0, 0.1) is 0 Å². The molecule has 8 nitrogen and oxygen atoms in total. The average molecular weight is 498 g/mol. The van der Waals surface area contributed by atoms with Crippen LogP contribution in [0.3, 0.4) is 0 Å². The smallest absolute Gasteiger partial charge is 0.267 e. The van der Waals surface area contributed by atoms with Crippen molar-refractivity contribution in [1.29, 1.82) is 0 Å². The van der Waals surface area contributed by atoms with Crippen LogP contribution in [0.2, 0.25) is 0 Å². The summed E-state index contributed by atoms with van der Waals surface area (Å²) in [6.45, 7) is 2.89. The molecule has 0 aliphatic carbocycles. The van der Waals surface area contributed by atoms with Gasteiger partial charge in [0.25, 0.3) is 11.8 Å². The SMILES string of the molecule is CCOc1ccc(NC(=O)CN2C(=O)/C(=C3\SC(=S)N(CCOC)C3=O)c3ccccc32)cc1. The summed E-state index contributed by atoms with van der Waals surface area (Å²) < 4.78 is 10.9. The molecule has 1 saturated heterocycles. The van der Waals surface area contributed by atoms with E-state index in [1.165, 1.54) is 9.80 Å². The van der Waals surface area contributed by atoms with E-state index in [2.05, 4.69) is 5.32 Å². The van der Waals surface area contributed by atoms with Crippen molar-refractivity contribution >= 4 is 63.0 Å². The molecule has 0 unspecified atom stereocenters. The molecule has 4 rings (SSSR count). The summed E-state index contributed by atoms with van der Waals surface area (Å²) in [4.78, 5) is 42.4. The van der Waals surface area contributed by atoms with Gasteiger partial charge in [-0.25, -0.2) is 0 Å². The highest BCUT2D eigenvalue weighted by Crippen LogP contribution is 2.44. The molecule has 0 atom stereocenters. The van der Waals surface area contributed by atoms with Crippen LogP contribution in [0.4, 0.5) is 11.4 Å². The van der Waals surface area contributed by atoms with Gasteiger partial charge in [0.2, 0.25) is 5.91 Å². The van der Waals surface area contributed by atoms with Gasteiger partial charge >= 0.3 is 0 Å². The number of rotatable bonds is 8. The molecular weight excluding hydrogens is 474 g/mol. The Balaban J connectivity index is 1.57. The van der Waals surface area contributed by atoms with Gasteiger partial charge < -0.3 is 14.8 Å². The summed E-state index contributed by atoms with van der Waals surface area (Å²) in [5, 5.41) is 2.80. The Morgan fingerprint density at radius 1 is 1.06 bits per heavy atom. The molecule has 0 bridgehead atoms. The van der Waals surface area contributed by atoms with E-state index in [0.717, 1.165) is 11.8 Å². The lowest BCUT2D eigenvalue weighted by atomic mass is 10.1. The summed E-state index contributed by atoms with van der Waals surface area (Å²) in [5.41, 5.74) is 2.04. The number of anilines is 2. The third-order valence-corrected chi connectivity index (χ3v) is 6.72. The molecule has 0 radical (unpaired) electrons. The van der Waals surface area contributed by atoms with Gasteiger partial charge in [-0.2, -0.15) is 0 Å². The number of nitrogens with one attached hydrogen (secondary N) is 1. The number of thioether (sulfide) groups is 1. The largest absolute Gasteiger partial charge is 0.494 e. The van der Waals surface area contributed by atoms with Gasteiger partial charge in [-0.15, -0.1) is 0 Å². The summed E-state index contributed by atoms with van der Waals surface area (Å²) in [6, 6.07) is 14.1. The summed E-state index contributed by atoms with van der Waals surface area (Å²) in [6.07, 6.45) is 0. The number of amides is 3. The molecule has 2 aromatic rings. The second kappa shape index (κ2) is 10.4. The Morgan fingerprint density at radius 2 is 1.79 bits per heavy atom. The van der Waals surface area contributed by atoms with Gasteiger partial charge in [-0.3, -0.25) is 24.2 Å². The van der Waals surface area contributed by atoms with E-state index in [-0.39, 0.29) is 28.8 Å². The number of carbonyl (C=O) groups is 3. The van der Waals surface area contributed by atoms with Gasteiger partial charge in [-0.05, 0) is 37.3 Å². The first-order valence-corrected chi connectivity index (χ1v) is 11.9. The molecule has 1 N–H and O–H groups in total. The van der Waals surface area contributed by atoms with Gasteiger partial charge in [0.05, 0.1) is 35.9 Å². The first-order valence-electron chi connectivity index (χ1n) is 10.7. The molecule has 2 aromatic carbocycles. The van der Waals surface area contributed by atoms with E-state index >= 15 is 0 Å². The number of thiocarbonyl (C=S) groups is 1. The molecule has 0 spiro atoms. The van der Waals surface area contributed by atoms with E-state index < -0.39 is 5.91 Å². The Labute approximate surface area is 206 Å². The molecule has 2 heterocycles. The standard InChI is InChI=1S/C24H23N3O5S2/c1-3-32-16-10-8-15(9-11-16)25-19(28)14-27-18-7-5-4-6-17(18)20(22(27)29)21-23(30)26(12-13-31-2)24(33)34-21/h4-11H,3,12-14H2,1-2H3,(H,25,28)/b21-20-. The van der Waals surface area contributed by atoms with E-state index in [4.69, 9.17) is 21.7 Å². The fourth-order valence-electron chi connectivity index (χ4n) is 3.73. The highest BCUT2D eigenvalue weighted by molar-refractivity contribution is 8.26. The second-order valence-corrected chi connectivity index (χ2v) is 9.08. The number of ether oxygens (including phenoxy) is 2. The number of nitrogens with zero attached hydrogens (tertiary/aromatic N) is 2. The molecular formula is C24H23N3O5S2. The van der Waals surface area contributed by atoms with Crippen LogP contribution in [-0.4, -0.2) is 60.4 Å². The van der Waals surface area contributed by atoms with Gasteiger partial charge in [-0.1, -0.05) is 42.2 Å². The normalized spacial score (nSPS) is 17.4. The minimum atomic E-state index is -0.407. The lowest BCUT2D eigenvalue weighted by molar-refractivity contribution is -0.122. The predicted molar refractivity (Wildman–Crippen MR) is 136 cm³/mol. The van der Waals surface area contributed by atoms with Crippen LogP contribution in [0.15, 0.2) is 53.4 Å².